The second-order valence-corrected chi connectivity index (χ2v) is 3.67. The Kier molecular flexibility index (Phi) is 1.92. The van der Waals surface area contributed by atoms with Gasteiger partial charge in [-0.25, -0.2) is 18.5 Å². The molecule has 11 heavy (non-hydrogen) atoms. The van der Waals surface area contributed by atoms with Crippen molar-refractivity contribution in [1.82, 2.24) is 0 Å². The average Bonchev–Trinajstić information content (AvgIpc) is 1.86. The lowest BCUT2D eigenvalue weighted by Crippen LogP contribution is -2.11. The van der Waals surface area contributed by atoms with Crippen molar-refractivity contribution in [1.29, 1.82) is 4.78 Å². The van der Waals surface area contributed by atoms with Gasteiger partial charge in [0.15, 0.2) is 0 Å². The predicted molar refractivity (Wildman–Crippen MR) is 39.7 cm³/mol. The molecule has 0 aromatic heterocycles. The minimum Gasteiger partial charge on any atom is -0.241 e. The molecule has 1 atom stereocenters. The van der Waals surface area contributed by atoms with Gasteiger partial charge in [-0.2, -0.15) is 0 Å². The Balaban J connectivity index is 3.37. The summed E-state index contributed by atoms with van der Waals surface area (Å²) in [6.45, 7) is 0. The highest BCUT2D eigenvalue weighted by molar-refractivity contribution is 7.90. The molecule has 0 aliphatic heterocycles. The van der Waals surface area contributed by atoms with E-state index >= 15 is 0 Å². The van der Waals surface area contributed by atoms with Crippen LogP contribution in [-0.4, -0.2) is 4.21 Å². The van der Waals surface area contributed by atoms with Gasteiger partial charge in [0.05, 0.1) is 4.90 Å². The van der Waals surface area contributed by atoms with Crippen LogP contribution in [0.5, 0.6) is 0 Å². The van der Waals surface area contributed by atoms with Gasteiger partial charge in [-0.15, -0.1) is 0 Å². The lowest BCUT2D eigenvalue weighted by molar-refractivity contribution is 0.593. The van der Waals surface area contributed by atoms with E-state index in [0.29, 0.717) is 0 Å². The van der Waals surface area contributed by atoms with Crippen molar-refractivity contribution >= 4 is 9.92 Å². The van der Waals surface area contributed by atoms with Crippen LogP contribution in [0.1, 0.15) is 0 Å². The van der Waals surface area contributed by atoms with Crippen molar-refractivity contribution in [3.05, 3.63) is 30.1 Å². The molecule has 1 unspecified atom stereocenters. The summed E-state index contributed by atoms with van der Waals surface area (Å²) in [6.07, 6.45) is 0. The molecule has 0 saturated heterocycles. The van der Waals surface area contributed by atoms with Crippen molar-refractivity contribution < 1.29 is 8.60 Å². The zero-order valence-electron chi connectivity index (χ0n) is 5.58. The summed E-state index contributed by atoms with van der Waals surface area (Å²) < 4.78 is 30.4. The lowest BCUT2D eigenvalue weighted by atomic mass is 10.4. The quantitative estimate of drug-likeness (QED) is 0.657. The number of hydrogen-bond donors (Lipinski definition) is 2. The Morgan fingerprint density at radius 3 is 2.36 bits per heavy atom. The van der Waals surface area contributed by atoms with Crippen LogP contribution in [-0.2, 0) is 9.92 Å². The fourth-order valence-corrected chi connectivity index (χ4v) is 1.33. The van der Waals surface area contributed by atoms with Crippen molar-refractivity contribution in [3.63, 3.8) is 0 Å². The van der Waals surface area contributed by atoms with Gasteiger partial charge in [0.1, 0.15) is 15.7 Å². The molecule has 0 bridgehead atoms. The number of hydrogen-bond acceptors (Lipinski definition) is 2. The van der Waals surface area contributed by atoms with Crippen molar-refractivity contribution in [3.8, 4) is 0 Å². The molecular formula is C6H7FN2OS. The SMILES string of the molecule is N=S(N)(=O)c1ccccc1F. The van der Waals surface area contributed by atoms with Crippen LogP contribution in [0.25, 0.3) is 0 Å². The summed E-state index contributed by atoms with van der Waals surface area (Å²) in [5.41, 5.74) is 0. The van der Waals surface area contributed by atoms with Crippen LogP contribution in [0.15, 0.2) is 29.2 Å². The first kappa shape index (κ1) is 8.16. The minimum atomic E-state index is -3.41. The first-order valence-corrected chi connectivity index (χ1v) is 4.45. The van der Waals surface area contributed by atoms with Gasteiger partial charge in [0.2, 0.25) is 0 Å². The summed E-state index contributed by atoms with van der Waals surface area (Å²) in [5.74, 6) is -0.699. The molecule has 3 N–H and O–H groups in total. The molecule has 0 amide bonds. The maximum absolute atomic E-state index is 12.7. The molecule has 60 valence electrons. The van der Waals surface area contributed by atoms with E-state index in [0.717, 1.165) is 6.07 Å². The molecule has 1 aromatic carbocycles. The molecule has 0 spiro atoms. The van der Waals surface area contributed by atoms with E-state index in [1.165, 1.54) is 18.2 Å². The third kappa shape index (κ3) is 1.75. The molecule has 1 rings (SSSR count). The van der Waals surface area contributed by atoms with E-state index in [-0.39, 0.29) is 4.90 Å². The molecule has 1 aromatic rings. The Labute approximate surface area is 64.1 Å². The number of benzene rings is 1. The molecule has 0 radical (unpaired) electrons. The topological polar surface area (TPSA) is 66.9 Å². The Bertz CT molecular complexity index is 361. The second kappa shape index (κ2) is 2.60. The van der Waals surface area contributed by atoms with Crippen LogP contribution in [0, 0.1) is 10.6 Å². The Morgan fingerprint density at radius 2 is 2.00 bits per heavy atom. The Hall–Kier alpha value is -0.940. The number of rotatable bonds is 1. The van der Waals surface area contributed by atoms with Gasteiger partial charge >= 0.3 is 0 Å². The molecule has 0 heterocycles. The van der Waals surface area contributed by atoms with E-state index in [1.54, 1.807) is 0 Å². The molecular weight excluding hydrogens is 167 g/mol. The third-order valence-electron chi connectivity index (χ3n) is 1.16. The summed E-state index contributed by atoms with van der Waals surface area (Å²) in [7, 11) is -3.41. The van der Waals surface area contributed by atoms with Gasteiger partial charge in [0, 0.05) is 0 Å². The molecule has 5 heteroatoms. The Morgan fingerprint density at radius 1 is 1.45 bits per heavy atom. The normalized spacial score (nSPS) is 15.8. The van der Waals surface area contributed by atoms with E-state index in [4.69, 9.17) is 9.92 Å². The number of nitrogens with two attached hydrogens (primary N) is 1. The largest absolute Gasteiger partial charge is 0.241 e. The van der Waals surface area contributed by atoms with Gasteiger partial charge in [-0.3, -0.25) is 0 Å². The summed E-state index contributed by atoms with van der Waals surface area (Å²) in [4.78, 5) is -0.250. The highest BCUT2D eigenvalue weighted by Gasteiger charge is 2.08. The van der Waals surface area contributed by atoms with Crippen LogP contribution >= 0.6 is 0 Å². The fraction of sp³-hybridized carbons (Fsp3) is 0. The average molecular weight is 174 g/mol. The summed E-state index contributed by atoms with van der Waals surface area (Å²) in [6, 6.07) is 5.30. The van der Waals surface area contributed by atoms with Crippen LogP contribution in [0.2, 0.25) is 0 Å². The fourth-order valence-electron chi connectivity index (χ4n) is 0.691. The molecule has 0 aliphatic carbocycles. The van der Waals surface area contributed by atoms with Crippen molar-refractivity contribution in [2.24, 2.45) is 5.14 Å². The van der Waals surface area contributed by atoms with Gasteiger partial charge in [-0.1, -0.05) is 12.1 Å². The van der Waals surface area contributed by atoms with Crippen molar-refractivity contribution in [2.75, 3.05) is 0 Å². The number of nitrogens with one attached hydrogen (secondary N) is 1. The first-order valence-electron chi connectivity index (χ1n) is 2.83. The van der Waals surface area contributed by atoms with E-state index in [1.807, 2.05) is 0 Å². The zero-order valence-corrected chi connectivity index (χ0v) is 6.40. The highest BCUT2D eigenvalue weighted by Crippen LogP contribution is 2.10. The lowest BCUT2D eigenvalue weighted by Gasteiger charge is -2.00. The molecule has 3 nitrogen and oxygen atoms in total. The monoisotopic (exact) mass is 174 g/mol. The van der Waals surface area contributed by atoms with Crippen LogP contribution in [0.4, 0.5) is 4.39 Å². The van der Waals surface area contributed by atoms with E-state index in [2.05, 4.69) is 0 Å². The zero-order chi connectivity index (χ0) is 8.48. The van der Waals surface area contributed by atoms with E-state index < -0.39 is 15.7 Å². The summed E-state index contributed by atoms with van der Waals surface area (Å²) in [5, 5.41) is 4.91. The van der Waals surface area contributed by atoms with Gasteiger partial charge in [0.25, 0.3) is 0 Å². The minimum absolute atomic E-state index is 0.250. The molecule has 0 aliphatic rings. The number of halogens is 1. The maximum Gasteiger partial charge on any atom is 0.141 e. The predicted octanol–water partition coefficient (Wildman–Crippen LogP) is 1.11. The highest BCUT2D eigenvalue weighted by atomic mass is 32.2. The third-order valence-corrected chi connectivity index (χ3v) is 2.15. The van der Waals surface area contributed by atoms with Gasteiger partial charge < -0.3 is 0 Å². The van der Waals surface area contributed by atoms with Gasteiger partial charge in [-0.05, 0) is 12.1 Å². The molecule has 0 saturated carbocycles. The van der Waals surface area contributed by atoms with Crippen molar-refractivity contribution in [2.45, 2.75) is 4.90 Å². The van der Waals surface area contributed by atoms with Crippen LogP contribution in [0.3, 0.4) is 0 Å². The second-order valence-electron chi connectivity index (χ2n) is 2.03. The first-order chi connectivity index (χ1) is 5.02. The molecule has 0 fully saturated rings. The standard InChI is InChI=1S/C6H7FN2OS/c7-5-3-1-2-4-6(5)11(8,9)10/h1-4H,(H3,8,9,10). The van der Waals surface area contributed by atoms with Crippen LogP contribution < -0.4 is 5.14 Å². The summed E-state index contributed by atoms with van der Waals surface area (Å²) >= 11 is 0. The smallest absolute Gasteiger partial charge is 0.141 e. The van der Waals surface area contributed by atoms with E-state index in [9.17, 15) is 8.60 Å². The maximum atomic E-state index is 12.7.